The van der Waals surface area contributed by atoms with Crippen LogP contribution >= 0.6 is 0 Å². The van der Waals surface area contributed by atoms with Gasteiger partial charge >= 0.3 is 0 Å². The summed E-state index contributed by atoms with van der Waals surface area (Å²) in [6.07, 6.45) is 3.95. The second-order valence-corrected chi connectivity index (χ2v) is 6.66. The number of carbonyl (C=O) groups excluding carboxylic acids is 2. The molecule has 1 aromatic rings. The second kappa shape index (κ2) is 8.11. The number of benzene rings is 1. The maximum Gasteiger partial charge on any atom is 0.253 e. The molecular formula is C18H27N3O2. The molecule has 0 aliphatic carbocycles. The van der Waals surface area contributed by atoms with Gasteiger partial charge in [-0.1, -0.05) is 19.9 Å². The Morgan fingerprint density at radius 3 is 2.57 bits per heavy atom. The minimum absolute atomic E-state index is 0.0345. The van der Waals surface area contributed by atoms with Gasteiger partial charge in [0.1, 0.15) is 0 Å². The molecule has 0 spiro atoms. The number of hydrogen-bond donors (Lipinski definition) is 2. The number of likely N-dealkylation sites (tertiary alicyclic amines) is 1. The van der Waals surface area contributed by atoms with Crippen LogP contribution in [0.25, 0.3) is 0 Å². The van der Waals surface area contributed by atoms with E-state index in [2.05, 4.69) is 5.32 Å². The number of anilines is 1. The largest absolute Gasteiger partial charge is 0.339 e. The van der Waals surface area contributed by atoms with Crippen LogP contribution in [-0.4, -0.2) is 35.8 Å². The van der Waals surface area contributed by atoms with Crippen molar-refractivity contribution in [2.24, 2.45) is 11.7 Å². The van der Waals surface area contributed by atoms with Crippen LogP contribution in [0.1, 0.15) is 49.9 Å². The molecule has 126 valence electrons. The number of amides is 2. The summed E-state index contributed by atoms with van der Waals surface area (Å²) in [4.78, 5) is 26.5. The lowest BCUT2D eigenvalue weighted by molar-refractivity contribution is -0.117. The van der Waals surface area contributed by atoms with E-state index in [4.69, 9.17) is 5.73 Å². The summed E-state index contributed by atoms with van der Waals surface area (Å²) in [5.74, 6) is 0.191. The van der Waals surface area contributed by atoms with E-state index in [0.29, 0.717) is 23.6 Å². The third-order valence-electron chi connectivity index (χ3n) is 4.08. The summed E-state index contributed by atoms with van der Waals surface area (Å²) < 4.78 is 0. The lowest BCUT2D eigenvalue weighted by Crippen LogP contribution is -2.37. The smallest absolute Gasteiger partial charge is 0.253 e. The molecule has 1 fully saturated rings. The molecule has 5 heteroatoms. The van der Waals surface area contributed by atoms with Crippen molar-refractivity contribution < 1.29 is 9.59 Å². The van der Waals surface area contributed by atoms with E-state index in [9.17, 15) is 9.59 Å². The predicted octanol–water partition coefficient (Wildman–Crippen LogP) is 2.62. The van der Waals surface area contributed by atoms with Crippen LogP contribution in [0.2, 0.25) is 0 Å². The number of nitrogens with one attached hydrogen (secondary N) is 1. The van der Waals surface area contributed by atoms with Gasteiger partial charge in [-0.15, -0.1) is 0 Å². The summed E-state index contributed by atoms with van der Waals surface area (Å²) in [6, 6.07) is 6.57. The maximum atomic E-state index is 12.5. The Labute approximate surface area is 138 Å². The van der Waals surface area contributed by atoms with Gasteiger partial charge in [-0.2, -0.15) is 0 Å². The Morgan fingerprint density at radius 1 is 1.22 bits per heavy atom. The van der Waals surface area contributed by atoms with Gasteiger partial charge in [0.2, 0.25) is 5.91 Å². The molecule has 3 N–H and O–H groups in total. The molecule has 0 unspecified atom stereocenters. The number of nitrogens with two attached hydrogens (primary N) is 1. The zero-order valence-electron chi connectivity index (χ0n) is 14.0. The van der Waals surface area contributed by atoms with E-state index < -0.39 is 6.04 Å². The van der Waals surface area contributed by atoms with Gasteiger partial charge in [0.25, 0.3) is 5.91 Å². The molecule has 0 saturated carbocycles. The first-order valence-electron chi connectivity index (χ1n) is 8.43. The fourth-order valence-electron chi connectivity index (χ4n) is 2.86. The average Bonchev–Trinajstić information content (AvgIpc) is 2.54. The molecule has 0 radical (unpaired) electrons. The highest BCUT2D eigenvalue weighted by molar-refractivity contribution is 5.98. The van der Waals surface area contributed by atoms with Crippen molar-refractivity contribution in [3.05, 3.63) is 29.8 Å². The highest BCUT2D eigenvalue weighted by Crippen LogP contribution is 2.17. The van der Waals surface area contributed by atoms with Gasteiger partial charge in [-0.05, 0) is 49.8 Å². The standard InChI is InChI=1S/C18H27N3O2/c1-13(2)11-16(19)17(22)20-15-8-6-7-14(12-15)18(23)21-9-4-3-5-10-21/h6-8,12-13,16H,3-5,9-11,19H2,1-2H3,(H,20,22)/t16-/m0/s1. The van der Waals surface area contributed by atoms with Crippen molar-refractivity contribution in [1.29, 1.82) is 0 Å². The highest BCUT2D eigenvalue weighted by Gasteiger charge is 2.19. The molecule has 23 heavy (non-hydrogen) atoms. The van der Waals surface area contributed by atoms with Gasteiger partial charge in [0.15, 0.2) is 0 Å². The predicted molar refractivity (Wildman–Crippen MR) is 92.3 cm³/mol. The molecule has 0 bridgehead atoms. The first-order chi connectivity index (χ1) is 11.0. The van der Waals surface area contributed by atoms with E-state index in [1.807, 2.05) is 18.7 Å². The zero-order chi connectivity index (χ0) is 16.8. The number of piperidine rings is 1. The first-order valence-corrected chi connectivity index (χ1v) is 8.43. The highest BCUT2D eigenvalue weighted by atomic mass is 16.2. The van der Waals surface area contributed by atoms with Crippen LogP contribution < -0.4 is 11.1 Å². The first kappa shape index (κ1) is 17.5. The van der Waals surface area contributed by atoms with Gasteiger partial charge in [0.05, 0.1) is 6.04 Å². The number of hydrogen-bond acceptors (Lipinski definition) is 3. The Balaban J connectivity index is 2.01. The van der Waals surface area contributed by atoms with Crippen LogP contribution in [0.15, 0.2) is 24.3 Å². The quantitative estimate of drug-likeness (QED) is 0.876. The number of rotatable bonds is 5. The molecule has 5 nitrogen and oxygen atoms in total. The van der Waals surface area contributed by atoms with Crippen LogP contribution in [0, 0.1) is 5.92 Å². The molecule has 1 heterocycles. The topological polar surface area (TPSA) is 75.4 Å². The molecule has 1 atom stereocenters. The van der Waals surface area contributed by atoms with Gasteiger partial charge < -0.3 is 16.0 Å². The number of nitrogens with zero attached hydrogens (tertiary/aromatic N) is 1. The van der Waals surface area contributed by atoms with E-state index in [0.717, 1.165) is 25.9 Å². The van der Waals surface area contributed by atoms with E-state index in [1.54, 1.807) is 24.3 Å². The molecule has 1 saturated heterocycles. The van der Waals surface area contributed by atoms with Crippen molar-refractivity contribution in [1.82, 2.24) is 4.90 Å². The molecule has 2 rings (SSSR count). The van der Waals surface area contributed by atoms with Crippen LogP contribution in [-0.2, 0) is 4.79 Å². The molecule has 0 aromatic heterocycles. The molecule has 1 aromatic carbocycles. The van der Waals surface area contributed by atoms with Crippen molar-refractivity contribution in [2.45, 2.75) is 45.6 Å². The average molecular weight is 317 g/mol. The third kappa shape index (κ3) is 5.06. The van der Waals surface area contributed by atoms with E-state index in [1.165, 1.54) is 6.42 Å². The minimum atomic E-state index is -0.531. The summed E-state index contributed by atoms with van der Waals surface area (Å²) in [7, 11) is 0. The monoisotopic (exact) mass is 317 g/mol. The van der Waals surface area contributed by atoms with E-state index >= 15 is 0 Å². The Bertz CT molecular complexity index is 551. The summed E-state index contributed by atoms with van der Waals surface area (Å²) in [5, 5.41) is 2.81. The molecular weight excluding hydrogens is 290 g/mol. The van der Waals surface area contributed by atoms with Crippen molar-refractivity contribution in [2.75, 3.05) is 18.4 Å². The minimum Gasteiger partial charge on any atom is -0.339 e. The van der Waals surface area contributed by atoms with Crippen molar-refractivity contribution >= 4 is 17.5 Å². The number of carbonyl (C=O) groups is 2. The molecule has 2 amide bonds. The maximum absolute atomic E-state index is 12.5. The van der Waals surface area contributed by atoms with Gasteiger partial charge in [-0.3, -0.25) is 9.59 Å². The fraction of sp³-hybridized carbons (Fsp3) is 0.556. The Morgan fingerprint density at radius 2 is 1.91 bits per heavy atom. The Hall–Kier alpha value is -1.88. The van der Waals surface area contributed by atoms with Crippen LogP contribution in [0.4, 0.5) is 5.69 Å². The van der Waals surface area contributed by atoms with Crippen molar-refractivity contribution in [3.63, 3.8) is 0 Å². The van der Waals surface area contributed by atoms with E-state index in [-0.39, 0.29) is 11.8 Å². The molecule has 1 aliphatic rings. The fourth-order valence-corrected chi connectivity index (χ4v) is 2.86. The second-order valence-electron chi connectivity index (χ2n) is 6.66. The Kier molecular flexibility index (Phi) is 6.16. The summed E-state index contributed by atoms with van der Waals surface area (Å²) in [6.45, 7) is 5.69. The van der Waals surface area contributed by atoms with Crippen LogP contribution in [0.5, 0.6) is 0 Å². The third-order valence-corrected chi connectivity index (χ3v) is 4.08. The SMILES string of the molecule is CC(C)C[C@H](N)C(=O)Nc1cccc(C(=O)N2CCCCC2)c1. The summed E-state index contributed by atoms with van der Waals surface area (Å²) in [5.41, 5.74) is 7.13. The van der Waals surface area contributed by atoms with Crippen LogP contribution in [0.3, 0.4) is 0 Å². The van der Waals surface area contributed by atoms with Gasteiger partial charge in [0, 0.05) is 24.3 Å². The van der Waals surface area contributed by atoms with Crippen molar-refractivity contribution in [3.8, 4) is 0 Å². The lowest BCUT2D eigenvalue weighted by atomic mass is 10.0. The molecule has 1 aliphatic heterocycles. The normalized spacial score (nSPS) is 16.3. The lowest BCUT2D eigenvalue weighted by Gasteiger charge is -2.26. The zero-order valence-corrected chi connectivity index (χ0v) is 14.0. The summed E-state index contributed by atoms with van der Waals surface area (Å²) >= 11 is 0. The van der Waals surface area contributed by atoms with Gasteiger partial charge in [-0.25, -0.2) is 0 Å².